The molecule has 0 unspecified atom stereocenters. The lowest BCUT2D eigenvalue weighted by atomic mass is 9.97. The summed E-state index contributed by atoms with van der Waals surface area (Å²) in [5.41, 5.74) is 0.840. The first-order valence-electron chi connectivity index (χ1n) is 8.33. The summed E-state index contributed by atoms with van der Waals surface area (Å²) in [6.07, 6.45) is 5.95. The lowest BCUT2D eigenvalue weighted by Crippen LogP contribution is -2.36. The quantitative estimate of drug-likeness (QED) is 0.841. The number of ether oxygens (including phenoxy) is 1. The summed E-state index contributed by atoms with van der Waals surface area (Å²) in [6.45, 7) is 4.47. The van der Waals surface area contributed by atoms with Gasteiger partial charge in [-0.15, -0.1) is 5.10 Å². The molecule has 24 heavy (non-hydrogen) atoms. The molecule has 3 rings (SSSR count). The Kier molecular flexibility index (Phi) is 5.24. The Morgan fingerprint density at radius 2 is 2.17 bits per heavy atom. The van der Waals surface area contributed by atoms with E-state index in [9.17, 15) is 5.11 Å². The van der Waals surface area contributed by atoms with Gasteiger partial charge in [0, 0.05) is 44.5 Å². The molecule has 1 saturated heterocycles. The number of nitrogens with zero attached hydrogens (tertiary/aromatic N) is 6. The number of methoxy groups -OCH3 is 1. The van der Waals surface area contributed by atoms with Crippen LogP contribution in [0.2, 0.25) is 0 Å². The number of hydrogen-bond donors (Lipinski definition) is 1. The lowest BCUT2D eigenvalue weighted by molar-refractivity contribution is 0.194. The molecule has 130 valence electrons. The van der Waals surface area contributed by atoms with E-state index in [1.54, 1.807) is 26.3 Å². The minimum Gasteiger partial charge on any atom is -0.481 e. The van der Waals surface area contributed by atoms with Crippen molar-refractivity contribution in [1.29, 1.82) is 0 Å². The molecule has 0 bridgehead atoms. The Labute approximate surface area is 141 Å². The van der Waals surface area contributed by atoms with Crippen molar-refractivity contribution in [1.82, 2.24) is 25.0 Å². The third kappa shape index (κ3) is 4.19. The van der Waals surface area contributed by atoms with Gasteiger partial charge >= 0.3 is 0 Å². The molecule has 0 amide bonds. The summed E-state index contributed by atoms with van der Waals surface area (Å²) in [5, 5.41) is 17.7. The fourth-order valence-corrected chi connectivity index (χ4v) is 3.00. The van der Waals surface area contributed by atoms with E-state index in [1.165, 1.54) is 0 Å². The minimum absolute atomic E-state index is 0.388. The van der Waals surface area contributed by atoms with Crippen LogP contribution in [-0.4, -0.2) is 56.4 Å². The standard InChI is InChI=1S/C16H24N6O2/c1-12(23)9-14-11-22(20-19-14)10-13-4-7-21(8-5-13)16-17-6-3-15(18-16)24-2/h3,6,11-13,23H,4-5,7-10H2,1-2H3/t12-/m0/s1. The van der Waals surface area contributed by atoms with E-state index in [4.69, 9.17) is 4.74 Å². The highest BCUT2D eigenvalue weighted by molar-refractivity contribution is 5.32. The van der Waals surface area contributed by atoms with Crippen LogP contribution in [0.4, 0.5) is 5.95 Å². The highest BCUT2D eigenvalue weighted by atomic mass is 16.5. The van der Waals surface area contributed by atoms with Crippen molar-refractivity contribution in [3.8, 4) is 5.88 Å². The number of aliphatic hydroxyl groups is 1. The van der Waals surface area contributed by atoms with Gasteiger partial charge < -0.3 is 14.7 Å². The number of piperidine rings is 1. The number of anilines is 1. The van der Waals surface area contributed by atoms with E-state index in [0.29, 0.717) is 18.2 Å². The van der Waals surface area contributed by atoms with Crippen LogP contribution in [0.25, 0.3) is 0 Å². The van der Waals surface area contributed by atoms with Crippen molar-refractivity contribution in [2.75, 3.05) is 25.1 Å². The van der Waals surface area contributed by atoms with E-state index < -0.39 is 0 Å². The Bertz CT molecular complexity index is 652. The van der Waals surface area contributed by atoms with Crippen LogP contribution in [-0.2, 0) is 13.0 Å². The predicted molar refractivity (Wildman–Crippen MR) is 88.9 cm³/mol. The van der Waals surface area contributed by atoms with Gasteiger partial charge in [-0.2, -0.15) is 4.98 Å². The fourth-order valence-electron chi connectivity index (χ4n) is 3.00. The van der Waals surface area contributed by atoms with Gasteiger partial charge in [0.25, 0.3) is 0 Å². The maximum Gasteiger partial charge on any atom is 0.228 e. The highest BCUT2D eigenvalue weighted by Gasteiger charge is 2.22. The molecule has 1 aliphatic rings. The summed E-state index contributed by atoms with van der Waals surface area (Å²) in [4.78, 5) is 10.9. The Hall–Kier alpha value is -2.22. The average molecular weight is 332 g/mol. The predicted octanol–water partition coefficient (Wildman–Crippen LogP) is 0.917. The second-order valence-corrected chi connectivity index (χ2v) is 6.31. The third-order valence-corrected chi connectivity index (χ3v) is 4.26. The molecule has 0 radical (unpaired) electrons. The summed E-state index contributed by atoms with van der Waals surface area (Å²) in [7, 11) is 1.61. The van der Waals surface area contributed by atoms with Crippen LogP contribution in [0.15, 0.2) is 18.5 Å². The van der Waals surface area contributed by atoms with Crippen molar-refractivity contribution in [2.45, 2.75) is 38.8 Å². The maximum absolute atomic E-state index is 9.41. The highest BCUT2D eigenvalue weighted by Crippen LogP contribution is 2.22. The van der Waals surface area contributed by atoms with Gasteiger partial charge in [-0.3, -0.25) is 4.68 Å². The molecule has 2 aromatic heterocycles. The van der Waals surface area contributed by atoms with Gasteiger partial charge in [-0.1, -0.05) is 5.21 Å². The molecule has 1 N–H and O–H groups in total. The van der Waals surface area contributed by atoms with Crippen molar-refractivity contribution < 1.29 is 9.84 Å². The lowest BCUT2D eigenvalue weighted by Gasteiger charge is -2.31. The maximum atomic E-state index is 9.41. The zero-order valence-corrected chi connectivity index (χ0v) is 14.2. The molecule has 1 atom stereocenters. The summed E-state index contributed by atoms with van der Waals surface area (Å²) in [6, 6.07) is 1.76. The average Bonchev–Trinajstić information content (AvgIpc) is 3.01. The smallest absolute Gasteiger partial charge is 0.228 e. The van der Waals surface area contributed by atoms with E-state index in [1.807, 2.05) is 10.9 Å². The van der Waals surface area contributed by atoms with E-state index in [2.05, 4.69) is 25.2 Å². The molecule has 0 spiro atoms. The van der Waals surface area contributed by atoms with Gasteiger partial charge in [0.1, 0.15) is 0 Å². The van der Waals surface area contributed by atoms with Gasteiger partial charge in [0.15, 0.2) is 0 Å². The summed E-state index contributed by atoms with van der Waals surface area (Å²) in [5.74, 6) is 1.89. The van der Waals surface area contributed by atoms with Crippen LogP contribution >= 0.6 is 0 Å². The Morgan fingerprint density at radius 1 is 1.38 bits per heavy atom. The van der Waals surface area contributed by atoms with Crippen LogP contribution in [0.3, 0.4) is 0 Å². The molecule has 1 aliphatic heterocycles. The number of aromatic nitrogens is 5. The molecular weight excluding hydrogens is 308 g/mol. The van der Waals surface area contributed by atoms with Gasteiger partial charge in [-0.25, -0.2) is 4.98 Å². The van der Waals surface area contributed by atoms with Crippen LogP contribution in [0.1, 0.15) is 25.5 Å². The molecule has 1 fully saturated rings. The number of rotatable bonds is 6. The normalized spacial score (nSPS) is 17.0. The molecule has 3 heterocycles. The molecule has 2 aromatic rings. The molecule has 0 aliphatic carbocycles. The van der Waals surface area contributed by atoms with E-state index in [-0.39, 0.29) is 6.10 Å². The topological polar surface area (TPSA) is 89.2 Å². The van der Waals surface area contributed by atoms with E-state index >= 15 is 0 Å². The first-order chi connectivity index (χ1) is 11.6. The Balaban J connectivity index is 1.52. The largest absolute Gasteiger partial charge is 0.481 e. The second-order valence-electron chi connectivity index (χ2n) is 6.31. The molecule has 0 aromatic carbocycles. The van der Waals surface area contributed by atoms with Crippen molar-refractivity contribution in [3.05, 3.63) is 24.2 Å². The molecule has 8 nitrogen and oxygen atoms in total. The minimum atomic E-state index is -0.388. The monoisotopic (exact) mass is 332 g/mol. The van der Waals surface area contributed by atoms with Gasteiger partial charge in [0.2, 0.25) is 11.8 Å². The first-order valence-corrected chi connectivity index (χ1v) is 8.33. The van der Waals surface area contributed by atoms with Crippen LogP contribution in [0, 0.1) is 5.92 Å². The molecule has 8 heteroatoms. The van der Waals surface area contributed by atoms with Gasteiger partial charge in [-0.05, 0) is 25.7 Å². The zero-order valence-electron chi connectivity index (χ0n) is 14.2. The van der Waals surface area contributed by atoms with Crippen LogP contribution in [0.5, 0.6) is 5.88 Å². The van der Waals surface area contributed by atoms with Gasteiger partial charge in [0.05, 0.1) is 18.9 Å². The Morgan fingerprint density at radius 3 is 2.88 bits per heavy atom. The van der Waals surface area contributed by atoms with Crippen molar-refractivity contribution in [2.24, 2.45) is 5.92 Å². The third-order valence-electron chi connectivity index (χ3n) is 4.26. The SMILES string of the molecule is COc1ccnc(N2CCC(Cn3cc(C[C@H](C)O)nn3)CC2)n1. The second kappa shape index (κ2) is 7.57. The summed E-state index contributed by atoms with van der Waals surface area (Å²) < 4.78 is 7.05. The summed E-state index contributed by atoms with van der Waals surface area (Å²) >= 11 is 0. The molecule has 0 saturated carbocycles. The van der Waals surface area contributed by atoms with Crippen LogP contribution < -0.4 is 9.64 Å². The zero-order chi connectivity index (χ0) is 16.9. The van der Waals surface area contributed by atoms with Crippen molar-refractivity contribution in [3.63, 3.8) is 0 Å². The molecular formula is C16H24N6O2. The fraction of sp³-hybridized carbons (Fsp3) is 0.625. The first kappa shape index (κ1) is 16.6. The van der Waals surface area contributed by atoms with E-state index in [0.717, 1.165) is 44.1 Å². The number of aliphatic hydroxyl groups excluding tert-OH is 1. The number of hydrogen-bond acceptors (Lipinski definition) is 7. The van der Waals surface area contributed by atoms with Crippen molar-refractivity contribution >= 4 is 5.95 Å².